The molecular formula is C15H20N4O3S3. The lowest BCUT2D eigenvalue weighted by Gasteiger charge is -2.15. The van der Waals surface area contributed by atoms with E-state index in [0.29, 0.717) is 5.69 Å². The first-order valence-electron chi connectivity index (χ1n) is 7.53. The molecule has 1 amide bonds. The van der Waals surface area contributed by atoms with E-state index in [4.69, 9.17) is 0 Å². The van der Waals surface area contributed by atoms with Gasteiger partial charge in [0, 0.05) is 10.3 Å². The average molecular weight is 401 g/mol. The summed E-state index contributed by atoms with van der Waals surface area (Å²) in [7, 11) is -3.87. The first-order valence-corrected chi connectivity index (χ1v) is 10.8. The number of benzene rings is 1. The van der Waals surface area contributed by atoms with E-state index in [2.05, 4.69) is 20.2 Å². The number of carbonyl (C=O) groups is 1. The smallest absolute Gasteiger partial charge is 0.291 e. The fraction of sp³-hybridized carbons (Fsp3) is 0.400. The third kappa shape index (κ3) is 5.16. The van der Waals surface area contributed by atoms with E-state index in [-0.39, 0.29) is 15.4 Å². The lowest BCUT2D eigenvalue weighted by atomic mass is 9.96. The van der Waals surface area contributed by atoms with Crippen molar-refractivity contribution in [3.63, 3.8) is 0 Å². The second-order valence-electron chi connectivity index (χ2n) is 6.11. The third-order valence-electron chi connectivity index (χ3n) is 2.97. The van der Waals surface area contributed by atoms with E-state index in [1.165, 1.54) is 11.8 Å². The highest BCUT2D eigenvalue weighted by atomic mass is 32.2. The molecule has 1 aromatic carbocycles. The summed E-state index contributed by atoms with van der Waals surface area (Å²) in [5, 5.41) is 10.2. The normalized spacial score (nSPS) is 12.0. The number of carbonyl (C=O) groups excluding carboxylic acids is 1. The molecule has 2 N–H and O–H groups in total. The summed E-state index contributed by atoms with van der Waals surface area (Å²) in [5.74, 6) is 0.561. The number of rotatable bonds is 6. The molecule has 10 heteroatoms. The van der Waals surface area contributed by atoms with Crippen molar-refractivity contribution in [1.82, 2.24) is 10.2 Å². The van der Waals surface area contributed by atoms with Gasteiger partial charge in [-0.25, -0.2) is 0 Å². The largest absolute Gasteiger partial charge is 0.300 e. The minimum atomic E-state index is -3.87. The maximum absolute atomic E-state index is 12.5. The molecule has 0 atom stereocenters. The van der Waals surface area contributed by atoms with Gasteiger partial charge in [0.2, 0.25) is 11.0 Å². The zero-order chi connectivity index (χ0) is 18.7. The Morgan fingerprint density at radius 2 is 1.92 bits per heavy atom. The highest BCUT2D eigenvalue weighted by Gasteiger charge is 2.25. The number of aromatic nitrogens is 2. The summed E-state index contributed by atoms with van der Waals surface area (Å²) in [5.41, 5.74) is -0.121. The fourth-order valence-corrected chi connectivity index (χ4v) is 4.48. The molecule has 2 rings (SSSR count). The Hall–Kier alpha value is -1.65. The Morgan fingerprint density at radius 1 is 1.24 bits per heavy atom. The van der Waals surface area contributed by atoms with Crippen molar-refractivity contribution in [3.8, 4) is 0 Å². The van der Waals surface area contributed by atoms with Crippen molar-refractivity contribution in [3.05, 3.63) is 24.3 Å². The van der Waals surface area contributed by atoms with Gasteiger partial charge >= 0.3 is 0 Å². The van der Waals surface area contributed by atoms with Crippen LogP contribution in [0.2, 0.25) is 0 Å². The highest BCUT2D eigenvalue weighted by Crippen LogP contribution is 2.30. The second kappa shape index (κ2) is 7.71. The number of para-hydroxylation sites is 1. The maximum Gasteiger partial charge on any atom is 0.291 e. The molecule has 25 heavy (non-hydrogen) atoms. The van der Waals surface area contributed by atoms with Gasteiger partial charge in [-0.2, -0.15) is 8.42 Å². The summed E-state index contributed by atoms with van der Waals surface area (Å²) >= 11 is 2.35. The number of nitrogens with one attached hydrogen (secondary N) is 2. The van der Waals surface area contributed by atoms with E-state index < -0.39 is 15.4 Å². The molecule has 0 fully saturated rings. The quantitative estimate of drug-likeness (QED) is 0.569. The molecule has 0 unspecified atom stereocenters. The molecule has 2 aromatic rings. The van der Waals surface area contributed by atoms with Gasteiger partial charge in [0.05, 0.1) is 5.69 Å². The summed E-state index contributed by atoms with van der Waals surface area (Å²) in [4.78, 5) is 12.8. The highest BCUT2D eigenvalue weighted by molar-refractivity contribution is 7.99. The summed E-state index contributed by atoms with van der Waals surface area (Å²) < 4.78 is 27.4. The molecule has 0 radical (unpaired) electrons. The zero-order valence-electron chi connectivity index (χ0n) is 14.4. The van der Waals surface area contributed by atoms with Gasteiger partial charge in [0.25, 0.3) is 14.4 Å². The Labute approximate surface area is 155 Å². The molecule has 136 valence electrons. The van der Waals surface area contributed by atoms with Crippen LogP contribution in [0, 0.1) is 5.41 Å². The van der Waals surface area contributed by atoms with Gasteiger partial charge in [-0.05, 0) is 17.9 Å². The molecule has 0 aliphatic carbocycles. The van der Waals surface area contributed by atoms with Crippen LogP contribution in [0.15, 0.2) is 33.5 Å². The second-order valence-corrected chi connectivity index (χ2v) is 10.3. The van der Waals surface area contributed by atoms with E-state index in [1.54, 1.807) is 32.9 Å². The lowest BCUT2D eigenvalue weighted by molar-refractivity contribution is -0.123. The van der Waals surface area contributed by atoms with Crippen LogP contribution in [-0.4, -0.2) is 30.3 Å². The molecule has 0 aliphatic rings. The van der Waals surface area contributed by atoms with E-state index >= 15 is 0 Å². The number of anilines is 2. The number of hydrogen-bond acceptors (Lipinski definition) is 7. The SMILES string of the molecule is CCSc1ccccc1NS(=O)(=O)c1nnc(NC(=O)C(C)(C)C)s1. The van der Waals surface area contributed by atoms with Crippen molar-refractivity contribution < 1.29 is 13.2 Å². The van der Waals surface area contributed by atoms with E-state index in [0.717, 1.165) is 22.0 Å². The van der Waals surface area contributed by atoms with Gasteiger partial charge in [-0.1, -0.05) is 51.2 Å². The minimum absolute atomic E-state index is 0.150. The van der Waals surface area contributed by atoms with E-state index in [1.807, 2.05) is 19.1 Å². The van der Waals surface area contributed by atoms with Crippen molar-refractivity contribution >= 4 is 49.8 Å². The van der Waals surface area contributed by atoms with Crippen LogP contribution in [0.1, 0.15) is 27.7 Å². The number of nitrogens with zero attached hydrogens (tertiary/aromatic N) is 2. The van der Waals surface area contributed by atoms with Gasteiger partial charge in [-0.3, -0.25) is 9.52 Å². The van der Waals surface area contributed by atoms with Gasteiger partial charge in [0.15, 0.2) is 0 Å². The molecular weight excluding hydrogens is 380 g/mol. The van der Waals surface area contributed by atoms with E-state index in [9.17, 15) is 13.2 Å². The van der Waals surface area contributed by atoms with Gasteiger partial charge < -0.3 is 5.32 Å². The number of sulfonamides is 1. The van der Waals surface area contributed by atoms with Crippen molar-refractivity contribution in [2.24, 2.45) is 5.41 Å². The number of amides is 1. The zero-order valence-corrected chi connectivity index (χ0v) is 16.8. The summed E-state index contributed by atoms with van der Waals surface area (Å²) in [6, 6.07) is 7.15. The molecule has 0 spiro atoms. The molecule has 0 aliphatic heterocycles. The van der Waals surface area contributed by atoms with Gasteiger partial charge in [-0.15, -0.1) is 22.0 Å². The minimum Gasteiger partial charge on any atom is -0.300 e. The first-order chi connectivity index (χ1) is 11.6. The Morgan fingerprint density at radius 3 is 2.56 bits per heavy atom. The molecule has 1 heterocycles. The molecule has 0 saturated heterocycles. The number of hydrogen-bond donors (Lipinski definition) is 2. The predicted octanol–water partition coefficient (Wildman–Crippen LogP) is 3.44. The average Bonchev–Trinajstić information content (AvgIpc) is 2.98. The van der Waals surface area contributed by atoms with Crippen LogP contribution in [0.4, 0.5) is 10.8 Å². The topological polar surface area (TPSA) is 101 Å². The van der Waals surface area contributed by atoms with Crippen molar-refractivity contribution in [2.75, 3.05) is 15.8 Å². The van der Waals surface area contributed by atoms with Crippen LogP contribution >= 0.6 is 23.1 Å². The monoisotopic (exact) mass is 400 g/mol. The van der Waals surface area contributed by atoms with Crippen LogP contribution in [0.3, 0.4) is 0 Å². The molecule has 7 nitrogen and oxygen atoms in total. The Balaban J connectivity index is 2.20. The maximum atomic E-state index is 12.5. The summed E-state index contributed by atoms with van der Waals surface area (Å²) in [6.07, 6.45) is 0. The Bertz CT molecular complexity index is 857. The van der Waals surface area contributed by atoms with Crippen molar-refractivity contribution in [1.29, 1.82) is 0 Å². The standard InChI is InChI=1S/C15H20N4O3S3/c1-5-23-11-9-7-6-8-10(11)19-25(21,22)14-18-17-13(24-14)16-12(20)15(2,3)4/h6-9,19H,5H2,1-4H3,(H,16,17,20). The molecule has 0 saturated carbocycles. The van der Waals surface area contributed by atoms with Crippen LogP contribution in [0.25, 0.3) is 0 Å². The third-order valence-corrected chi connectivity index (χ3v) is 6.50. The first kappa shape index (κ1) is 19.7. The summed E-state index contributed by atoms with van der Waals surface area (Å²) in [6.45, 7) is 7.26. The van der Waals surface area contributed by atoms with Crippen LogP contribution in [-0.2, 0) is 14.8 Å². The molecule has 1 aromatic heterocycles. The fourth-order valence-electron chi connectivity index (χ4n) is 1.67. The molecule has 0 bridgehead atoms. The predicted molar refractivity (Wildman–Crippen MR) is 102 cm³/mol. The van der Waals surface area contributed by atoms with Crippen LogP contribution < -0.4 is 10.0 Å². The Kier molecular flexibility index (Phi) is 6.07. The van der Waals surface area contributed by atoms with Crippen molar-refractivity contribution in [2.45, 2.75) is 36.9 Å². The number of thioether (sulfide) groups is 1. The van der Waals surface area contributed by atoms with Crippen LogP contribution in [0.5, 0.6) is 0 Å². The lowest BCUT2D eigenvalue weighted by Crippen LogP contribution is -2.27. The van der Waals surface area contributed by atoms with Gasteiger partial charge in [0.1, 0.15) is 0 Å².